The van der Waals surface area contributed by atoms with Crippen molar-refractivity contribution in [1.82, 2.24) is 9.80 Å². The Morgan fingerprint density at radius 3 is 2.50 bits per heavy atom. The zero-order valence-corrected chi connectivity index (χ0v) is 13.3. The van der Waals surface area contributed by atoms with E-state index in [9.17, 15) is 4.79 Å². The number of benzene rings is 1. The molecule has 1 aromatic rings. The topological polar surface area (TPSA) is 32.8 Å². The van der Waals surface area contributed by atoms with Gasteiger partial charge in [-0.15, -0.1) is 0 Å². The normalized spacial score (nSPS) is 23.1. The predicted octanol–water partition coefficient (Wildman–Crippen LogP) is 2.57. The molecule has 1 aromatic carbocycles. The van der Waals surface area contributed by atoms with Crippen LogP contribution in [0.15, 0.2) is 30.3 Å². The number of esters is 1. The summed E-state index contributed by atoms with van der Waals surface area (Å²) in [7, 11) is 2.15. The van der Waals surface area contributed by atoms with E-state index in [1.807, 2.05) is 30.3 Å². The zero-order valence-electron chi connectivity index (χ0n) is 13.3. The van der Waals surface area contributed by atoms with Crippen molar-refractivity contribution in [3.63, 3.8) is 0 Å². The van der Waals surface area contributed by atoms with Crippen LogP contribution >= 0.6 is 0 Å². The molecule has 119 valence electrons. The summed E-state index contributed by atoms with van der Waals surface area (Å²) < 4.78 is 6.08. The first-order chi connectivity index (χ1) is 10.7. The molecule has 0 N–H and O–H groups in total. The lowest BCUT2D eigenvalue weighted by molar-refractivity contribution is -0.142. The van der Waals surface area contributed by atoms with Crippen molar-refractivity contribution in [1.29, 1.82) is 0 Å². The number of carbonyl (C=O) groups is 1. The fourth-order valence-electron chi connectivity index (χ4n) is 3.42. The van der Waals surface area contributed by atoms with Crippen molar-refractivity contribution in [3.8, 4) is 0 Å². The van der Waals surface area contributed by atoms with Crippen LogP contribution in [0.4, 0.5) is 0 Å². The highest BCUT2D eigenvalue weighted by atomic mass is 16.6. The average Bonchev–Trinajstić information content (AvgIpc) is 2.57. The molecular formula is C18H25N2O2. The Bertz CT molecular complexity index is 489. The summed E-state index contributed by atoms with van der Waals surface area (Å²) in [6.07, 6.45) is 6.27. The van der Waals surface area contributed by atoms with Gasteiger partial charge in [-0.05, 0) is 38.4 Å². The van der Waals surface area contributed by atoms with Crippen molar-refractivity contribution >= 4 is 5.97 Å². The van der Waals surface area contributed by atoms with Crippen LogP contribution < -0.4 is 0 Å². The largest absolute Gasteiger partial charge is 0.440 e. The fourth-order valence-corrected chi connectivity index (χ4v) is 3.42. The maximum absolute atomic E-state index is 12.6. The lowest BCUT2D eigenvalue weighted by Gasteiger charge is -2.48. The van der Waals surface area contributed by atoms with Crippen molar-refractivity contribution in [2.45, 2.75) is 31.4 Å². The van der Waals surface area contributed by atoms with Crippen LogP contribution in [0, 0.1) is 6.42 Å². The fraction of sp³-hybridized carbons (Fsp3) is 0.556. The first kappa shape index (κ1) is 15.5. The van der Waals surface area contributed by atoms with Gasteiger partial charge in [0.2, 0.25) is 0 Å². The highest BCUT2D eigenvalue weighted by molar-refractivity contribution is 5.89. The van der Waals surface area contributed by atoms with E-state index in [2.05, 4.69) is 23.3 Å². The Labute approximate surface area is 133 Å². The Morgan fingerprint density at radius 1 is 1.14 bits per heavy atom. The second-order valence-corrected chi connectivity index (χ2v) is 6.38. The van der Waals surface area contributed by atoms with E-state index in [-0.39, 0.29) is 5.97 Å². The first-order valence-electron chi connectivity index (χ1n) is 8.23. The summed E-state index contributed by atoms with van der Waals surface area (Å²) in [6, 6.07) is 9.33. The molecule has 0 aromatic heterocycles. The Kier molecular flexibility index (Phi) is 4.79. The summed E-state index contributed by atoms with van der Waals surface area (Å²) >= 11 is 0. The molecule has 2 aliphatic rings. The number of hydrogen-bond donors (Lipinski definition) is 0. The van der Waals surface area contributed by atoms with Gasteiger partial charge in [0.05, 0.1) is 5.56 Å². The number of likely N-dealkylation sites (N-methyl/N-ethyl adjacent to an activating group) is 1. The molecule has 0 spiro atoms. The SMILES string of the molecule is CN1CCN(C2(OC(=O)c3ccccc3)C[CH]CCC2)CC1. The third-order valence-corrected chi connectivity index (χ3v) is 4.81. The molecule has 1 atom stereocenters. The van der Waals surface area contributed by atoms with E-state index in [1.54, 1.807) is 0 Å². The van der Waals surface area contributed by atoms with Gasteiger partial charge >= 0.3 is 5.97 Å². The lowest BCUT2D eigenvalue weighted by atomic mass is 9.89. The average molecular weight is 301 g/mol. The van der Waals surface area contributed by atoms with Crippen molar-refractivity contribution in [2.75, 3.05) is 33.2 Å². The van der Waals surface area contributed by atoms with E-state index in [0.717, 1.165) is 51.9 Å². The molecule has 1 aliphatic carbocycles. The molecule has 22 heavy (non-hydrogen) atoms. The smallest absolute Gasteiger partial charge is 0.339 e. The van der Waals surface area contributed by atoms with Gasteiger partial charge in [0.25, 0.3) is 0 Å². The van der Waals surface area contributed by atoms with E-state index >= 15 is 0 Å². The van der Waals surface area contributed by atoms with Crippen LogP contribution in [0.5, 0.6) is 0 Å². The molecule has 1 heterocycles. The molecule has 1 unspecified atom stereocenters. The first-order valence-corrected chi connectivity index (χ1v) is 8.23. The zero-order chi connectivity index (χ0) is 15.4. The van der Waals surface area contributed by atoms with Gasteiger partial charge in [-0.25, -0.2) is 4.79 Å². The Balaban J connectivity index is 1.76. The van der Waals surface area contributed by atoms with Gasteiger partial charge < -0.3 is 9.64 Å². The molecule has 3 rings (SSSR count). The Morgan fingerprint density at radius 2 is 1.86 bits per heavy atom. The summed E-state index contributed by atoms with van der Waals surface area (Å²) in [4.78, 5) is 17.3. The minimum absolute atomic E-state index is 0.199. The van der Waals surface area contributed by atoms with E-state index < -0.39 is 5.72 Å². The molecule has 1 radical (unpaired) electrons. The lowest BCUT2D eigenvalue weighted by Crippen LogP contribution is -2.59. The van der Waals surface area contributed by atoms with Crippen molar-refractivity contribution in [3.05, 3.63) is 42.3 Å². The summed E-state index contributed by atoms with van der Waals surface area (Å²) in [6.45, 7) is 3.99. The summed E-state index contributed by atoms with van der Waals surface area (Å²) in [5.41, 5.74) is 0.202. The van der Waals surface area contributed by atoms with Crippen LogP contribution in [0.3, 0.4) is 0 Å². The van der Waals surface area contributed by atoms with Crippen LogP contribution in [-0.2, 0) is 4.74 Å². The summed E-state index contributed by atoms with van der Waals surface area (Å²) in [5.74, 6) is -0.199. The van der Waals surface area contributed by atoms with Crippen molar-refractivity contribution < 1.29 is 9.53 Å². The number of rotatable bonds is 3. The molecule has 1 saturated heterocycles. The minimum Gasteiger partial charge on any atom is -0.440 e. The van der Waals surface area contributed by atoms with Gasteiger partial charge in [-0.2, -0.15) is 0 Å². The van der Waals surface area contributed by atoms with Gasteiger partial charge in [-0.1, -0.05) is 18.2 Å². The number of nitrogens with zero attached hydrogens (tertiary/aromatic N) is 2. The molecular weight excluding hydrogens is 276 g/mol. The van der Waals surface area contributed by atoms with Gasteiger partial charge in [-0.3, -0.25) is 4.90 Å². The van der Waals surface area contributed by atoms with Gasteiger partial charge in [0, 0.05) is 39.0 Å². The van der Waals surface area contributed by atoms with Crippen LogP contribution in [-0.4, -0.2) is 54.7 Å². The predicted molar refractivity (Wildman–Crippen MR) is 86.4 cm³/mol. The monoisotopic (exact) mass is 301 g/mol. The summed E-state index contributed by atoms with van der Waals surface area (Å²) in [5, 5.41) is 0. The van der Waals surface area contributed by atoms with Crippen LogP contribution in [0.2, 0.25) is 0 Å². The van der Waals surface area contributed by atoms with Crippen LogP contribution in [0.25, 0.3) is 0 Å². The maximum Gasteiger partial charge on any atom is 0.339 e. The molecule has 4 nitrogen and oxygen atoms in total. The minimum atomic E-state index is -0.438. The second-order valence-electron chi connectivity index (χ2n) is 6.38. The van der Waals surface area contributed by atoms with Crippen LogP contribution in [0.1, 0.15) is 36.0 Å². The van der Waals surface area contributed by atoms with E-state index in [0.29, 0.717) is 5.56 Å². The molecule has 2 fully saturated rings. The Hall–Kier alpha value is -1.39. The van der Waals surface area contributed by atoms with Gasteiger partial charge in [0.1, 0.15) is 0 Å². The number of hydrogen-bond acceptors (Lipinski definition) is 4. The second kappa shape index (κ2) is 6.80. The maximum atomic E-state index is 12.6. The standard InChI is InChI=1S/C18H25N2O2/c1-19-12-14-20(15-13-19)18(10-6-3-7-11-18)22-17(21)16-8-4-2-5-9-16/h2,4-6,8-9H,3,7,10-15H2,1H3. The quantitative estimate of drug-likeness (QED) is 0.803. The highest BCUT2D eigenvalue weighted by Gasteiger charge is 2.42. The third kappa shape index (κ3) is 3.33. The number of carbonyl (C=O) groups excluding carboxylic acids is 1. The third-order valence-electron chi connectivity index (χ3n) is 4.81. The van der Waals surface area contributed by atoms with Crippen molar-refractivity contribution in [2.24, 2.45) is 0 Å². The number of ether oxygens (including phenoxy) is 1. The molecule has 0 bridgehead atoms. The molecule has 1 aliphatic heterocycles. The molecule has 4 heteroatoms. The molecule has 1 saturated carbocycles. The molecule has 0 amide bonds. The van der Waals surface area contributed by atoms with E-state index in [1.165, 1.54) is 0 Å². The van der Waals surface area contributed by atoms with Gasteiger partial charge in [0.15, 0.2) is 5.72 Å². The van der Waals surface area contributed by atoms with E-state index in [4.69, 9.17) is 4.74 Å². The highest BCUT2D eigenvalue weighted by Crippen LogP contribution is 2.35. The number of piperazine rings is 1.